The van der Waals surface area contributed by atoms with Crippen LogP contribution in [0.15, 0.2) is 17.1 Å². The van der Waals surface area contributed by atoms with Crippen LogP contribution in [0.1, 0.15) is 41.2 Å². The van der Waals surface area contributed by atoms with Gasteiger partial charge in [0.15, 0.2) is 11.7 Å². The molecule has 1 amide bonds. The molecule has 0 radical (unpaired) electrons. The van der Waals surface area contributed by atoms with Crippen molar-refractivity contribution in [2.75, 3.05) is 24.5 Å². The van der Waals surface area contributed by atoms with E-state index >= 15 is 0 Å². The van der Waals surface area contributed by atoms with Crippen LogP contribution in [0.5, 0.6) is 0 Å². The van der Waals surface area contributed by atoms with Gasteiger partial charge in [0, 0.05) is 43.7 Å². The number of aldehydes is 1. The predicted molar refractivity (Wildman–Crippen MR) is 96.4 cm³/mol. The molecule has 1 N–H and O–H groups in total. The number of hydrogen-bond donors (Lipinski definition) is 1. The van der Waals surface area contributed by atoms with Gasteiger partial charge in [-0.25, -0.2) is 4.39 Å². The van der Waals surface area contributed by atoms with Gasteiger partial charge in [-0.2, -0.15) is 0 Å². The Bertz CT molecular complexity index is 978. The number of anilines is 1. The molecular weight excluding hydrogens is 337 g/mol. The van der Waals surface area contributed by atoms with Crippen molar-refractivity contribution in [3.05, 3.63) is 39.4 Å². The summed E-state index contributed by atoms with van der Waals surface area (Å²) in [6.45, 7) is 3.19. The van der Waals surface area contributed by atoms with Crippen LogP contribution in [-0.2, 0) is 4.79 Å². The molecule has 2 heterocycles. The third-order valence-electron chi connectivity index (χ3n) is 5.20. The van der Waals surface area contributed by atoms with Gasteiger partial charge in [-0.15, -0.1) is 0 Å². The Morgan fingerprint density at radius 2 is 2.04 bits per heavy atom. The van der Waals surface area contributed by atoms with E-state index in [4.69, 9.17) is 0 Å². The summed E-state index contributed by atoms with van der Waals surface area (Å²) in [5, 5.41) is 3.03. The monoisotopic (exact) mass is 357 g/mol. The van der Waals surface area contributed by atoms with Gasteiger partial charge in [-0.05, 0) is 31.4 Å². The number of carbonyl (C=O) groups is 2. The van der Waals surface area contributed by atoms with Crippen molar-refractivity contribution < 1.29 is 14.0 Å². The SMILES string of the molecule is Cc1c(N2CCNC(=O)CC2)c(F)cc2c(=O)c(C=O)cn(C3CC3)c12. The van der Waals surface area contributed by atoms with Crippen LogP contribution in [0.4, 0.5) is 10.1 Å². The molecule has 1 aliphatic carbocycles. The normalized spacial score (nSPS) is 17.9. The molecule has 1 aromatic heterocycles. The fourth-order valence-electron chi connectivity index (χ4n) is 3.79. The molecule has 0 spiro atoms. The average molecular weight is 357 g/mol. The summed E-state index contributed by atoms with van der Waals surface area (Å²) in [6.07, 6.45) is 4.39. The van der Waals surface area contributed by atoms with E-state index in [1.165, 1.54) is 6.07 Å². The van der Waals surface area contributed by atoms with Gasteiger partial charge in [0.05, 0.1) is 16.8 Å². The molecule has 6 nitrogen and oxygen atoms in total. The highest BCUT2D eigenvalue weighted by molar-refractivity contribution is 5.91. The quantitative estimate of drug-likeness (QED) is 0.852. The van der Waals surface area contributed by atoms with E-state index in [2.05, 4.69) is 5.32 Å². The largest absolute Gasteiger partial charge is 0.367 e. The van der Waals surface area contributed by atoms with Crippen LogP contribution in [0.3, 0.4) is 0 Å². The lowest BCUT2D eigenvalue weighted by molar-refractivity contribution is -0.120. The van der Waals surface area contributed by atoms with Crippen molar-refractivity contribution in [2.45, 2.75) is 32.2 Å². The lowest BCUT2D eigenvalue weighted by atomic mass is 10.0. The van der Waals surface area contributed by atoms with Crippen LogP contribution >= 0.6 is 0 Å². The fraction of sp³-hybridized carbons (Fsp3) is 0.421. The van der Waals surface area contributed by atoms with Crippen molar-refractivity contribution in [1.29, 1.82) is 0 Å². The van der Waals surface area contributed by atoms with E-state index in [0.717, 1.165) is 12.8 Å². The summed E-state index contributed by atoms with van der Waals surface area (Å²) >= 11 is 0. The molecule has 0 unspecified atom stereocenters. The van der Waals surface area contributed by atoms with E-state index in [9.17, 15) is 18.8 Å². The second kappa shape index (κ2) is 6.23. The maximum atomic E-state index is 15.0. The summed E-state index contributed by atoms with van der Waals surface area (Å²) in [6, 6.07) is 1.48. The fourth-order valence-corrected chi connectivity index (χ4v) is 3.79. The van der Waals surface area contributed by atoms with Crippen molar-refractivity contribution in [2.24, 2.45) is 0 Å². The summed E-state index contributed by atoms with van der Waals surface area (Å²) < 4.78 is 16.9. The molecule has 1 aromatic carbocycles. The van der Waals surface area contributed by atoms with Gasteiger partial charge >= 0.3 is 0 Å². The highest BCUT2D eigenvalue weighted by Crippen LogP contribution is 2.39. The van der Waals surface area contributed by atoms with Crippen molar-refractivity contribution in [3.8, 4) is 0 Å². The van der Waals surface area contributed by atoms with E-state index < -0.39 is 11.2 Å². The first-order valence-corrected chi connectivity index (χ1v) is 8.86. The number of carbonyl (C=O) groups excluding carboxylic acids is 2. The molecule has 4 rings (SSSR count). The molecule has 1 aliphatic heterocycles. The van der Waals surface area contributed by atoms with Crippen LogP contribution < -0.4 is 15.6 Å². The van der Waals surface area contributed by atoms with E-state index in [0.29, 0.717) is 49.1 Å². The van der Waals surface area contributed by atoms with Gasteiger partial charge in [0.2, 0.25) is 5.91 Å². The number of pyridine rings is 1. The molecule has 2 aliphatic rings. The Morgan fingerprint density at radius 3 is 2.73 bits per heavy atom. The Balaban J connectivity index is 1.95. The molecule has 0 atom stereocenters. The number of hydrogen-bond acceptors (Lipinski definition) is 4. The Hall–Kier alpha value is -2.70. The van der Waals surface area contributed by atoms with Crippen molar-refractivity contribution >= 4 is 28.8 Å². The Kier molecular flexibility index (Phi) is 4.01. The zero-order chi connectivity index (χ0) is 18.4. The number of benzene rings is 1. The highest BCUT2D eigenvalue weighted by atomic mass is 19.1. The molecule has 1 saturated heterocycles. The first-order chi connectivity index (χ1) is 12.5. The molecule has 26 heavy (non-hydrogen) atoms. The van der Waals surface area contributed by atoms with Crippen molar-refractivity contribution in [1.82, 2.24) is 9.88 Å². The molecule has 2 aromatic rings. The smallest absolute Gasteiger partial charge is 0.221 e. The topological polar surface area (TPSA) is 71.4 Å². The minimum Gasteiger partial charge on any atom is -0.367 e. The Morgan fingerprint density at radius 1 is 1.27 bits per heavy atom. The van der Waals surface area contributed by atoms with Gasteiger partial charge in [0.1, 0.15) is 5.82 Å². The zero-order valence-electron chi connectivity index (χ0n) is 14.5. The van der Waals surface area contributed by atoms with Gasteiger partial charge < -0.3 is 14.8 Å². The molecule has 136 valence electrons. The minimum atomic E-state index is -0.494. The summed E-state index contributed by atoms with van der Waals surface area (Å²) in [7, 11) is 0. The van der Waals surface area contributed by atoms with Crippen LogP contribution in [-0.4, -0.2) is 36.4 Å². The molecule has 1 saturated carbocycles. The third-order valence-corrected chi connectivity index (χ3v) is 5.20. The first kappa shape index (κ1) is 16.8. The summed E-state index contributed by atoms with van der Waals surface area (Å²) in [5.41, 5.74) is 1.41. The third kappa shape index (κ3) is 2.67. The number of amides is 1. The maximum Gasteiger partial charge on any atom is 0.221 e. The lowest BCUT2D eigenvalue weighted by Gasteiger charge is -2.26. The number of halogens is 1. The van der Waals surface area contributed by atoms with E-state index in [-0.39, 0.29) is 22.9 Å². The van der Waals surface area contributed by atoms with E-state index in [1.54, 1.807) is 13.1 Å². The molecule has 0 bridgehead atoms. The number of rotatable bonds is 3. The predicted octanol–water partition coefficient (Wildman–Crippen LogP) is 1.92. The second-order valence-electron chi connectivity index (χ2n) is 6.99. The summed E-state index contributed by atoms with van der Waals surface area (Å²) in [4.78, 5) is 37.3. The second-order valence-corrected chi connectivity index (χ2v) is 6.99. The van der Waals surface area contributed by atoms with Crippen molar-refractivity contribution in [3.63, 3.8) is 0 Å². The number of fused-ring (bicyclic) bond motifs is 1. The maximum absolute atomic E-state index is 15.0. The van der Waals surface area contributed by atoms with Crippen LogP contribution in [0.25, 0.3) is 10.9 Å². The van der Waals surface area contributed by atoms with Crippen LogP contribution in [0, 0.1) is 12.7 Å². The molecular formula is C19H20FN3O3. The van der Waals surface area contributed by atoms with Crippen LogP contribution in [0.2, 0.25) is 0 Å². The number of nitrogens with zero attached hydrogens (tertiary/aromatic N) is 2. The summed E-state index contributed by atoms with van der Waals surface area (Å²) in [5.74, 6) is -0.538. The zero-order valence-corrected chi connectivity index (χ0v) is 14.5. The Labute approximate surface area is 149 Å². The number of aromatic nitrogens is 1. The van der Waals surface area contributed by atoms with Gasteiger partial charge in [0.25, 0.3) is 0 Å². The number of nitrogens with one attached hydrogen (secondary N) is 1. The van der Waals surface area contributed by atoms with Gasteiger partial charge in [-0.1, -0.05) is 0 Å². The minimum absolute atomic E-state index is 0.0446. The van der Waals surface area contributed by atoms with Gasteiger partial charge in [-0.3, -0.25) is 14.4 Å². The lowest BCUT2D eigenvalue weighted by Crippen LogP contribution is -2.30. The molecule has 2 fully saturated rings. The van der Waals surface area contributed by atoms with E-state index in [1.807, 2.05) is 9.47 Å². The average Bonchev–Trinajstić information content (AvgIpc) is 3.45. The first-order valence-electron chi connectivity index (χ1n) is 8.86. The standard InChI is InChI=1S/C19H20FN3O3/c1-11-17-14(19(26)12(10-24)9-23(17)13-2-3-13)8-15(20)18(11)22-6-4-16(25)21-5-7-22/h8-10,13H,2-7H2,1H3,(H,21,25). The highest BCUT2D eigenvalue weighted by Gasteiger charge is 2.28. The molecule has 7 heteroatoms. The number of aryl methyl sites for hydroxylation is 1.